The molecule has 0 fully saturated rings. The first-order chi connectivity index (χ1) is 10.6. The Bertz CT molecular complexity index is 783. The molecule has 0 aromatic carbocycles. The molecule has 3 aromatic rings. The molecule has 6 heteroatoms. The molecule has 0 aliphatic heterocycles. The Morgan fingerprint density at radius 2 is 2.18 bits per heavy atom. The lowest BCUT2D eigenvalue weighted by Crippen LogP contribution is -2.31. The van der Waals surface area contributed by atoms with Crippen molar-refractivity contribution in [1.82, 2.24) is 4.98 Å². The van der Waals surface area contributed by atoms with Crippen LogP contribution in [0.25, 0.3) is 0 Å². The second-order valence-corrected chi connectivity index (χ2v) is 6.53. The third-order valence-corrected chi connectivity index (χ3v) is 4.45. The fourth-order valence-corrected chi connectivity index (χ4v) is 3.12. The summed E-state index contributed by atoms with van der Waals surface area (Å²) in [6.07, 6.45) is 1.69. The number of anilines is 1. The third-order valence-electron chi connectivity index (χ3n) is 3.16. The molecule has 4 nitrogen and oxygen atoms in total. The number of rotatable bonds is 4. The Balaban J connectivity index is 1.99. The minimum atomic E-state index is -0.207. The van der Waals surface area contributed by atoms with E-state index in [-0.39, 0.29) is 11.7 Å². The van der Waals surface area contributed by atoms with Crippen LogP contribution < -0.4 is 4.90 Å². The standard InChI is InChI=1S/C16H13BrN2O2S/c1-11-4-2-8-18-15(11)19(10-12-5-3-9-22-12)16(20)13-6-7-14(17)21-13/h2-9H,10H2,1H3. The topological polar surface area (TPSA) is 46.3 Å². The van der Waals surface area contributed by atoms with Crippen LogP contribution in [0.4, 0.5) is 5.82 Å². The summed E-state index contributed by atoms with van der Waals surface area (Å²) in [7, 11) is 0. The molecule has 0 spiro atoms. The van der Waals surface area contributed by atoms with Crippen LogP contribution in [0.5, 0.6) is 0 Å². The highest BCUT2D eigenvalue weighted by Crippen LogP contribution is 2.24. The predicted octanol–water partition coefficient (Wildman–Crippen LogP) is 4.65. The van der Waals surface area contributed by atoms with Gasteiger partial charge in [0.25, 0.3) is 5.91 Å². The first kappa shape index (κ1) is 15.0. The highest BCUT2D eigenvalue weighted by Gasteiger charge is 2.23. The molecule has 3 heterocycles. The molecule has 0 radical (unpaired) electrons. The number of aryl methyl sites for hydroxylation is 1. The van der Waals surface area contributed by atoms with Gasteiger partial charge < -0.3 is 4.42 Å². The van der Waals surface area contributed by atoms with Crippen molar-refractivity contribution >= 4 is 39.0 Å². The second kappa shape index (κ2) is 6.46. The van der Waals surface area contributed by atoms with Crippen LogP contribution >= 0.6 is 27.3 Å². The van der Waals surface area contributed by atoms with E-state index in [0.29, 0.717) is 17.0 Å². The van der Waals surface area contributed by atoms with Crippen LogP contribution in [-0.2, 0) is 6.54 Å². The maximum Gasteiger partial charge on any atom is 0.295 e. The average Bonchev–Trinajstić information content (AvgIpc) is 3.16. The quantitative estimate of drug-likeness (QED) is 0.665. The molecule has 0 bridgehead atoms. The summed E-state index contributed by atoms with van der Waals surface area (Å²) in [5, 5.41) is 1.99. The zero-order valence-electron chi connectivity index (χ0n) is 11.8. The average molecular weight is 377 g/mol. The molecule has 0 aliphatic carbocycles. The Hall–Kier alpha value is -1.92. The van der Waals surface area contributed by atoms with E-state index in [0.717, 1.165) is 10.4 Å². The van der Waals surface area contributed by atoms with Crippen LogP contribution in [-0.4, -0.2) is 10.9 Å². The van der Waals surface area contributed by atoms with Gasteiger partial charge in [-0.05, 0) is 58.1 Å². The molecule has 0 saturated carbocycles. The minimum Gasteiger partial charge on any atom is -0.444 e. The number of furan rings is 1. The van der Waals surface area contributed by atoms with E-state index in [1.807, 2.05) is 36.6 Å². The normalized spacial score (nSPS) is 10.6. The van der Waals surface area contributed by atoms with Crippen molar-refractivity contribution in [3.63, 3.8) is 0 Å². The molecular weight excluding hydrogens is 364 g/mol. The van der Waals surface area contributed by atoms with Crippen molar-refractivity contribution in [3.8, 4) is 0 Å². The molecule has 0 N–H and O–H groups in total. The van der Waals surface area contributed by atoms with E-state index < -0.39 is 0 Å². The maximum atomic E-state index is 12.8. The van der Waals surface area contributed by atoms with Crippen LogP contribution in [0.2, 0.25) is 0 Å². The summed E-state index contributed by atoms with van der Waals surface area (Å²) in [5.74, 6) is 0.725. The van der Waals surface area contributed by atoms with Gasteiger partial charge in [-0.1, -0.05) is 12.1 Å². The molecule has 0 aliphatic rings. The number of amides is 1. The lowest BCUT2D eigenvalue weighted by atomic mass is 10.2. The predicted molar refractivity (Wildman–Crippen MR) is 90.2 cm³/mol. The Kier molecular flexibility index (Phi) is 4.40. The monoisotopic (exact) mass is 376 g/mol. The SMILES string of the molecule is Cc1cccnc1N(Cc1cccs1)C(=O)c1ccc(Br)o1. The van der Waals surface area contributed by atoms with E-state index in [2.05, 4.69) is 20.9 Å². The number of hydrogen-bond acceptors (Lipinski definition) is 4. The summed E-state index contributed by atoms with van der Waals surface area (Å²) < 4.78 is 5.94. The summed E-state index contributed by atoms with van der Waals surface area (Å²) in [6, 6.07) is 11.1. The van der Waals surface area contributed by atoms with Gasteiger partial charge in [0.05, 0.1) is 6.54 Å². The number of pyridine rings is 1. The summed E-state index contributed by atoms with van der Waals surface area (Å²) in [6.45, 7) is 2.40. The smallest absolute Gasteiger partial charge is 0.295 e. The number of carbonyl (C=O) groups excluding carboxylic acids is 1. The number of hydrogen-bond donors (Lipinski definition) is 0. The van der Waals surface area contributed by atoms with E-state index in [1.54, 1.807) is 34.6 Å². The zero-order valence-corrected chi connectivity index (χ0v) is 14.2. The number of halogens is 1. The van der Waals surface area contributed by atoms with Gasteiger partial charge in [0.15, 0.2) is 10.4 Å². The fourth-order valence-electron chi connectivity index (χ4n) is 2.12. The lowest BCUT2D eigenvalue weighted by molar-refractivity contribution is 0.0956. The van der Waals surface area contributed by atoms with Gasteiger partial charge in [-0.2, -0.15) is 0 Å². The largest absolute Gasteiger partial charge is 0.444 e. The summed E-state index contributed by atoms with van der Waals surface area (Å²) in [4.78, 5) is 19.9. The molecule has 3 aromatic heterocycles. The van der Waals surface area contributed by atoms with Crippen molar-refractivity contribution in [1.29, 1.82) is 0 Å². The highest BCUT2D eigenvalue weighted by molar-refractivity contribution is 9.10. The third kappa shape index (κ3) is 3.13. The van der Waals surface area contributed by atoms with Crippen molar-refractivity contribution in [2.75, 3.05) is 4.90 Å². The van der Waals surface area contributed by atoms with Gasteiger partial charge in [-0.15, -0.1) is 11.3 Å². The zero-order chi connectivity index (χ0) is 15.5. The number of aromatic nitrogens is 1. The molecule has 3 rings (SSSR count). The molecular formula is C16H13BrN2O2S. The number of carbonyl (C=O) groups is 1. The van der Waals surface area contributed by atoms with Gasteiger partial charge in [0.1, 0.15) is 5.82 Å². The van der Waals surface area contributed by atoms with E-state index in [1.165, 1.54) is 0 Å². The van der Waals surface area contributed by atoms with Gasteiger partial charge >= 0.3 is 0 Å². The molecule has 22 heavy (non-hydrogen) atoms. The molecule has 0 unspecified atom stereocenters. The minimum absolute atomic E-state index is 0.207. The highest BCUT2D eigenvalue weighted by atomic mass is 79.9. The molecule has 0 atom stereocenters. The van der Waals surface area contributed by atoms with Crippen LogP contribution in [0.3, 0.4) is 0 Å². The lowest BCUT2D eigenvalue weighted by Gasteiger charge is -2.21. The van der Waals surface area contributed by atoms with E-state index >= 15 is 0 Å². The first-order valence-corrected chi connectivity index (χ1v) is 8.33. The van der Waals surface area contributed by atoms with E-state index in [4.69, 9.17) is 4.42 Å². The summed E-state index contributed by atoms with van der Waals surface area (Å²) >= 11 is 4.84. The maximum absolute atomic E-state index is 12.8. The van der Waals surface area contributed by atoms with Crippen LogP contribution in [0.1, 0.15) is 21.0 Å². The van der Waals surface area contributed by atoms with Crippen molar-refractivity contribution in [2.45, 2.75) is 13.5 Å². The number of nitrogens with zero attached hydrogens (tertiary/aromatic N) is 2. The Labute approximate surface area is 140 Å². The Morgan fingerprint density at radius 1 is 1.32 bits per heavy atom. The van der Waals surface area contributed by atoms with Gasteiger partial charge in [-0.25, -0.2) is 4.98 Å². The second-order valence-electron chi connectivity index (χ2n) is 4.72. The van der Waals surface area contributed by atoms with Gasteiger partial charge in [-0.3, -0.25) is 9.69 Å². The Morgan fingerprint density at radius 3 is 2.82 bits per heavy atom. The number of thiophene rings is 1. The van der Waals surface area contributed by atoms with Crippen LogP contribution in [0.15, 0.2) is 57.1 Å². The first-order valence-electron chi connectivity index (χ1n) is 6.66. The fraction of sp³-hybridized carbons (Fsp3) is 0.125. The molecule has 1 amide bonds. The summed E-state index contributed by atoms with van der Waals surface area (Å²) in [5.41, 5.74) is 0.943. The van der Waals surface area contributed by atoms with Crippen molar-refractivity contribution < 1.29 is 9.21 Å². The van der Waals surface area contributed by atoms with Crippen molar-refractivity contribution in [2.24, 2.45) is 0 Å². The van der Waals surface area contributed by atoms with Gasteiger partial charge in [0.2, 0.25) is 0 Å². The van der Waals surface area contributed by atoms with Gasteiger partial charge in [0, 0.05) is 11.1 Å². The molecule has 0 saturated heterocycles. The van der Waals surface area contributed by atoms with E-state index in [9.17, 15) is 4.79 Å². The molecule has 112 valence electrons. The van der Waals surface area contributed by atoms with Crippen LogP contribution in [0, 0.1) is 6.92 Å². The van der Waals surface area contributed by atoms with Crippen molar-refractivity contribution in [3.05, 3.63) is 68.8 Å².